The lowest BCUT2D eigenvalue weighted by molar-refractivity contribution is -0.299. The van der Waals surface area contributed by atoms with Crippen LogP contribution in [0.1, 0.15) is 15.9 Å². The lowest BCUT2D eigenvalue weighted by Crippen LogP contribution is -2.62. The van der Waals surface area contributed by atoms with Gasteiger partial charge in [0.15, 0.2) is 12.4 Å². The Bertz CT molecular complexity index is 919. The van der Waals surface area contributed by atoms with E-state index in [0.717, 1.165) is 5.56 Å². The molecule has 0 aromatic heterocycles. The lowest BCUT2D eigenvalue weighted by Gasteiger charge is -2.44. The fourth-order valence-corrected chi connectivity index (χ4v) is 3.68. The van der Waals surface area contributed by atoms with Gasteiger partial charge in [-0.25, -0.2) is 4.79 Å². The SMILES string of the molecule is CO[C@H]1O[C@H](CNC(=O)c2ccccc2)[C@@H](OC(=O)/C=C/c2ccccc2)[C@H](OC)[C@H]1OC. The van der Waals surface area contributed by atoms with Gasteiger partial charge in [0.2, 0.25) is 0 Å². The van der Waals surface area contributed by atoms with Gasteiger partial charge in [0.25, 0.3) is 5.91 Å². The lowest BCUT2D eigenvalue weighted by atomic mass is 9.97. The van der Waals surface area contributed by atoms with E-state index in [4.69, 9.17) is 23.7 Å². The van der Waals surface area contributed by atoms with Crippen LogP contribution in [0.3, 0.4) is 0 Å². The summed E-state index contributed by atoms with van der Waals surface area (Å²) < 4.78 is 28.3. The molecular weight excluding hydrogens is 426 g/mol. The van der Waals surface area contributed by atoms with Gasteiger partial charge in [-0.05, 0) is 23.8 Å². The molecule has 0 unspecified atom stereocenters. The molecule has 1 amide bonds. The van der Waals surface area contributed by atoms with Gasteiger partial charge in [-0.3, -0.25) is 4.79 Å². The van der Waals surface area contributed by atoms with E-state index in [9.17, 15) is 9.59 Å². The summed E-state index contributed by atoms with van der Waals surface area (Å²) in [4.78, 5) is 25.1. The molecule has 8 nitrogen and oxygen atoms in total. The van der Waals surface area contributed by atoms with Gasteiger partial charge in [0.1, 0.15) is 18.3 Å². The number of rotatable bonds is 9. The fraction of sp³-hybridized carbons (Fsp3) is 0.360. The maximum atomic E-state index is 12.6. The minimum Gasteiger partial charge on any atom is -0.453 e. The minimum absolute atomic E-state index is 0.0736. The molecule has 1 N–H and O–H groups in total. The average Bonchev–Trinajstić information content (AvgIpc) is 2.87. The Morgan fingerprint density at radius 1 is 0.879 bits per heavy atom. The maximum Gasteiger partial charge on any atom is 0.331 e. The van der Waals surface area contributed by atoms with Crippen LogP contribution in [0.2, 0.25) is 0 Å². The smallest absolute Gasteiger partial charge is 0.331 e. The van der Waals surface area contributed by atoms with Crippen LogP contribution < -0.4 is 5.32 Å². The number of benzene rings is 2. The van der Waals surface area contributed by atoms with Gasteiger partial charge in [-0.2, -0.15) is 0 Å². The van der Waals surface area contributed by atoms with Crippen molar-refractivity contribution in [2.75, 3.05) is 27.9 Å². The second-order valence-corrected chi connectivity index (χ2v) is 7.40. The number of hydrogen-bond acceptors (Lipinski definition) is 7. The first kappa shape index (κ1) is 24.6. The Balaban J connectivity index is 1.75. The summed E-state index contributed by atoms with van der Waals surface area (Å²) in [5.41, 5.74) is 1.37. The number of esters is 1. The number of ether oxygens (including phenoxy) is 5. The van der Waals surface area contributed by atoms with Gasteiger partial charge in [0.05, 0.1) is 0 Å². The molecule has 2 aromatic carbocycles. The number of methoxy groups -OCH3 is 3. The first-order valence-electron chi connectivity index (χ1n) is 10.6. The van der Waals surface area contributed by atoms with E-state index in [1.54, 1.807) is 30.3 Å². The highest BCUT2D eigenvalue weighted by molar-refractivity contribution is 5.94. The van der Waals surface area contributed by atoms with Crippen molar-refractivity contribution in [2.45, 2.75) is 30.7 Å². The zero-order valence-electron chi connectivity index (χ0n) is 18.9. The van der Waals surface area contributed by atoms with E-state index >= 15 is 0 Å². The first-order chi connectivity index (χ1) is 16.1. The highest BCUT2D eigenvalue weighted by Crippen LogP contribution is 2.28. The third-order valence-corrected chi connectivity index (χ3v) is 5.33. The van der Waals surface area contributed by atoms with Crippen molar-refractivity contribution < 1.29 is 33.3 Å². The second-order valence-electron chi connectivity index (χ2n) is 7.40. The summed E-state index contributed by atoms with van der Waals surface area (Å²) in [7, 11) is 4.48. The van der Waals surface area contributed by atoms with Crippen molar-refractivity contribution in [1.29, 1.82) is 0 Å². The molecule has 1 aliphatic heterocycles. The van der Waals surface area contributed by atoms with Crippen LogP contribution in [0.25, 0.3) is 6.08 Å². The third-order valence-electron chi connectivity index (χ3n) is 5.33. The van der Waals surface area contributed by atoms with Crippen LogP contribution in [-0.4, -0.2) is 70.5 Å². The number of amides is 1. The molecule has 176 valence electrons. The summed E-state index contributed by atoms with van der Waals surface area (Å²) >= 11 is 0. The Kier molecular flexibility index (Phi) is 9.14. The molecule has 0 spiro atoms. The molecule has 1 saturated heterocycles. The maximum absolute atomic E-state index is 12.6. The zero-order valence-corrected chi connectivity index (χ0v) is 18.9. The van der Waals surface area contributed by atoms with Crippen molar-refractivity contribution in [3.05, 3.63) is 77.9 Å². The minimum atomic E-state index is -0.852. The first-order valence-corrected chi connectivity index (χ1v) is 10.6. The van der Waals surface area contributed by atoms with Crippen molar-refractivity contribution >= 4 is 18.0 Å². The molecule has 1 aliphatic rings. The van der Waals surface area contributed by atoms with Crippen LogP contribution in [0.5, 0.6) is 0 Å². The van der Waals surface area contributed by atoms with Crippen LogP contribution in [0, 0.1) is 0 Å². The highest BCUT2D eigenvalue weighted by atomic mass is 16.7. The van der Waals surface area contributed by atoms with Crippen molar-refractivity contribution in [3.8, 4) is 0 Å². The molecule has 8 heteroatoms. The summed E-state index contributed by atoms with van der Waals surface area (Å²) in [5.74, 6) is -0.843. The van der Waals surface area contributed by atoms with Crippen molar-refractivity contribution in [2.24, 2.45) is 0 Å². The highest BCUT2D eigenvalue weighted by Gasteiger charge is 2.49. The summed E-state index contributed by atoms with van der Waals surface area (Å²) in [5, 5.41) is 2.83. The van der Waals surface area contributed by atoms with Gasteiger partial charge in [-0.1, -0.05) is 48.5 Å². The normalized spacial score (nSPS) is 25.0. The van der Waals surface area contributed by atoms with Crippen molar-refractivity contribution in [1.82, 2.24) is 5.32 Å². The predicted octanol–water partition coefficient (Wildman–Crippen LogP) is 2.44. The Morgan fingerprint density at radius 3 is 2.12 bits per heavy atom. The molecule has 2 aromatic rings. The third kappa shape index (κ3) is 6.49. The number of carbonyl (C=O) groups is 2. The number of nitrogens with one attached hydrogen (secondary N) is 1. The summed E-state index contributed by atoms with van der Waals surface area (Å²) in [6, 6.07) is 18.2. The van der Waals surface area contributed by atoms with Gasteiger partial charge >= 0.3 is 5.97 Å². The van der Waals surface area contributed by atoms with Crippen LogP contribution >= 0.6 is 0 Å². The molecular formula is C25H29NO7. The molecule has 0 radical (unpaired) electrons. The topological polar surface area (TPSA) is 92.3 Å². The molecule has 1 heterocycles. The largest absolute Gasteiger partial charge is 0.453 e. The van der Waals surface area contributed by atoms with Crippen LogP contribution in [0.4, 0.5) is 0 Å². The number of carbonyl (C=O) groups excluding carboxylic acids is 2. The fourth-order valence-electron chi connectivity index (χ4n) is 3.68. The van der Waals surface area contributed by atoms with Gasteiger partial charge in [-0.15, -0.1) is 0 Å². The van der Waals surface area contributed by atoms with Gasteiger partial charge in [0, 0.05) is 39.5 Å². The van der Waals surface area contributed by atoms with E-state index in [2.05, 4.69) is 5.32 Å². The average molecular weight is 456 g/mol. The molecule has 0 saturated carbocycles. The molecule has 33 heavy (non-hydrogen) atoms. The molecule has 0 bridgehead atoms. The summed E-state index contributed by atoms with van der Waals surface area (Å²) in [6.07, 6.45) is -0.673. The van der Waals surface area contributed by atoms with E-state index in [0.29, 0.717) is 5.56 Å². The van der Waals surface area contributed by atoms with E-state index in [1.807, 2.05) is 36.4 Å². The monoisotopic (exact) mass is 455 g/mol. The molecule has 3 rings (SSSR count). The van der Waals surface area contributed by atoms with Gasteiger partial charge < -0.3 is 29.0 Å². The predicted molar refractivity (Wildman–Crippen MR) is 121 cm³/mol. The number of hydrogen-bond donors (Lipinski definition) is 1. The molecule has 5 atom stereocenters. The van der Waals surface area contributed by atoms with E-state index < -0.39 is 36.7 Å². The Hall–Kier alpha value is -3.04. The zero-order chi connectivity index (χ0) is 23.6. The van der Waals surface area contributed by atoms with Crippen LogP contribution in [-0.2, 0) is 28.5 Å². The quantitative estimate of drug-likeness (QED) is 0.459. The standard InChI is InChI=1S/C25H29NO7/c1-29-22-21(33-20(27)15-14-17-10-6-4-7-11-17)19(32-25(31-3)23(22)30-2)16-26-24(28)18-12-8-5-9-13-18/h4-15,19,21-23,25H,16H2,1-3H3,(H,26,28)/b15-14+/t19-,21-,22+,23-,25+/m1/s1. The van der Waals surface area contributed by atoms with Crippen LogP contribution in [0.15, 0.2) is 66.7 Å². The second kappa shape index (κ2) is 12.3. The summed E-state index contributed by atoms with van der Waals surface area (Å²) in [6.45, 7) is 0.0736. The Labute approximate surface area is 193 Å². The van der Waals surface area contributed by atoms with Crippen molar-refractivity contribution in [3.63, 3.8) is 0 Å². The molecule has 1 fully saturated rings. The Morgan fingerprint density at radius 2 is 1.52 bits per heavy atom. The molecule has 0 aliphatic carbocycles. The van der Waals surface area contributed by atoms with E-state index in [1.165, 1.54) is 27.4 Å². The van der Waals surface area contributed by atoms with E-state index in [-0.39, 0.29) is 12.5 Å².